The summed E-state index contributed by atoms with van der Waals surface area (Å²) in [5.74, 6) is 0.119. The van der Waals surface area contributed by atoms with Crippen molar-refractivity contribution in [3.05, 3.63) is 82.4 Å². The molecule has 0 aromatic heterocycles. The highest BCUT2D eigenvalue weighted by atomic mass is 14.9. The van der Waals surface area contributed by atoms with Crippen LogP contribution in [0.4, 0.5) is 0 Å². The second-order valence-corrected chi connectivity index (χ2v) is 6.84. The third kappa shape index (κ3) is 3.42. The Morgan fingerprint density at radius 1 is 0.880 bits per heavy atom. The molecule has 4 rings (SSSR count). The molecule has 0 fully saturated rings. The standard InChI is InChI=1S/C22H23N3/c23-22(24)20-8-7-17-11-15(3-5-18(17)13-20)1-2-16-4-6-21-14-25-10-9-19(21)12-16/h3-8,11-13,25H,1-2,9-10,14H2,(H3,23,24). The van der Waals surface area contributed by atoms with Gasteiger partial charge in [0.05, 0.1) is 0 Å². The highest BCUT2D eigenvalue weighted by molar-refractivity contribution is 5.99. The number of fused-ring (bicyclic) bond motifs is 2. The topological polar surface area (TPSA) is 61.9 Å². The van der Waals surface area contributed by atoms with Crippen LogP contribution in [0.3, 0.4) is 0 Å². The van der Waals surface area contributed by atoms with Crippen LogP contribution in [0.25, 0.3) is 10.8 Å². The van der Waals surface area contributed by atoms with Crippen LogP contribution >= 0.6 is 0 Å². The Balaban J connectivity index is 1.51. The van der Waals surface area contributed by atoms with E-state index < -0.39 is 0 Å². The largest absolute Gasteiger partial charge is 0.384 e. The number of benzene rings is 3. The lowest BCUT2D eigenvalue weighted by molar-refractivity contribution is 0.642. The molecule has 25 heavy (non-hydrogen) atoms. The van der Waals surface area contributed by atoms with E-state index in [1.165, 1.54) is 27.6 Å². The van der Waals surface area contributed by atoms with Crippen molar-refractivity contribution in [2.45, 2.75) is 25.8 Å². The van der Waals surface area contributed by atoms with Gasteiger partial charge in [-0.25, -0.2) is 0 Å². The number of aryl methyl sites for hydroxylation is 2. The number of nitrogens with one attached hydrogen (secondary N) is 2. The summed E-state index contributed by atoms with van der Waals surface area (Å²) in [5, 5.41) is 13.3. The van der Waals surface area contributed by atoms with Crippen molar-refractivity contribution >= 4 is 16.6 Å². The minimum Gasteiger partial charge on any atom is -0.384 e. The minimum atomic E-state index is 0.119. The molecule has 0 unspecified atom stereocenters. The molecule has 0 saturated heterocycles. The molecule has 1 aliphatic heterocycles. The molecule has 3 heteroatoms. The van der Waals surface area contributed by atoms with Crippen molar-refractivity contribution in [1.82, 2.24) is 5.32 Å². The van der Waals surface area contributed by atoms with E-state index in [0.717, 1.165) is 43.3 Å². The van der Waals surface area contributed by atoms with Gasteiger partial charge in [-0.1, -0.05) is 48.5 Å². The SMILES string of the molecule is N=C(N)c1ccc2cc(CCc3ccc4c(c3)CCNC4)ccc2c1. The first kappa shape index (κ1) is 15.9. The number of nitrogens with two attached hydrogens (primary N) is 1. The molecule has 0 atom stereocenters. The van der Waals surface area contributed by atoms with Gasteiger partial charge in [0.15, 0.2) is 0 Å². The maximum absolute atomic E-state index is 7.55. The zero-order valence-electron chi connectivity index (χ0n) is 14.3. The highest BCUT2D eigenvalue weighted by Gasteiger charge is 2.09. The lowest BCUT2D eigenvalue weighted by Gasteiger charge is -2.18. The predicted molar refractivity (Wildman–Crippen MR) is 104 cm³/mol. The molecule has 3 nitrogen and oxygen atoms in total. The first-order valence-corrected chi connectivity index (χ1v) is 8.87. The molecule has 0 amide bonds. The van der Waals surface area contributed by atoms with E-state index in [1.54, 1.807) is 0 Å². The number of hydrogen-bond acceptors (Lipinski definition) is 2. The van der Waals surface area contributed by atoms with Crippen LogP contribution < -0.4 is 11.1 Å². The van der Waals surface area contributed by atoms with Gasteiger partial charge < -0.3 is 11.1 Å². The minimum absolute atomic E-state index is 0.119. The fourth-order valence-electron chi connectivity index (χ4n) is 3.59. The maximum atomic E-state index is 7.55. The molecule has 1 heterocycles. The zero-order chi connectivity index (χ0) is 17.2. The van der Waals surface area contributed by atoms with E-state index in [-0.39, 0.29) is 5.84 Å². The Morgan fingerprint density at radius 3 is 2.44 bits per heavy atom. The van der Waals surface area contributed by atoms with E-state index in [9.17, 15) is 0 Å². The molecule has 3 aromatic rings. The van der Waals surface area contributed by atoms with Crippen molar-refractivity contribution in [1.29, 1.82) is 5.41 Å². The Labute approximate surface area is 148 Å². The van der Waals surface area contributed by atoms with Crippen molar-refractivity contribution < 1.29 is 0 Å². The summed E-state index contributed by atoms with van der Waals surface area (Å²) in [7, 11) is 0. The number of nitrogen functional groups attached to an aromatic ring is 1. The zero-order valence-corrected chi connectivity index (χ0v) is 14.3. The fraction of sp³-hybridized carbons (Fsp3) is 0.227. The van der Waals surface area contributed by atoms with Gasteiger partial charge in [-0.05, 0) is 64.9 Å². The Kier molecular flexibility index (Phi) is 4.24. The summed E-state index contributed by atoms with van der Waals surface area (Å²) in [4.78, 5) is 0. The van der Waals surface area contributed by atoms with Gasteiger partial charge in [0.25, 0.3) is 0 Å². The normalized spacial score (nSPS) is 13.6. The van der Waals surface area contributed by atoms with E-state index in [0.29, 0.717) is 0 Å². The third-order valence-electron chi connectivity index (χ3n) is 5.08. The van der Waals surface area contributed by atoms with Crippen molar-refractivity contribution in [3.8, 4) is 0 Å². The lowest BCUT2D eigenvalue weighted by atomic mass is 9.95. The molecular formula is C22H23N3. The molecule has 0 aliphatic carbocycles. The summed E-state index contributed by atoms with van der Waals surface area (Å²) in [6.45, 7) is 2.09. The predicted octanol–water partition coefficient (Wildman–Crippen LogP) is 3.55. The summed E-state index contributed by atoms with van der Waals surface area (Å²) < 4.78 is 0. The number of amidine groups is 1. The van der Waals surface area contributed by atoms with Gasteiger partial charge in [-0.3, -0.25) is 5.41 Å². The second-order valence-electron chi connectivity index (χ2n) is 6.84. The molecule has 1 aliphatic rings. The molecule has 0 saturated carbocycles. The maximum Gasteiger partial charge on any atom is 0.122 e. The van der Waals surface area contributed by atoms with Crippen LogP contribution in [0.5, 0.6) is 0 Å². The second kappa shape index (κ2) is 6.69. The van der Waals surface area contributed by atoms with E-state index in [4.69, 9.17) is 11.1 Å². The van der Waals surface area contributed by atoms with Gasteiger partial charge in [0.1, 0.15) is 5.84 Å². The van der Waals surface area contributed by atoms with E-state index in [2.05, 4.69) is 47.8 Å². The van der Waals surface area contributed by atoms with Crippen LogP contribution in [0.1, 0.15) is 27.8 Å². The van der Waals surface area contributed by atoms with Crippen LogP contribution in [-0.4, -0.2) is 12.4 Å². The van der Waals surface area contributed by atoms with Gasteiger partial charge >= 0.3 is 0 Å². The van der Waals surface area contributed by atoms with Crippen molar-refractivity contribution in [2.75, 3.05) is 6.54 Å². The average molecular weight is 329 g/mol. The van der Waals surface area contributed by atoms with Crippen molar-refractivity contribution in [3.63, 3.8) is 0 Å². The third-order valence-corrected chi connectivity index (χ3v) is 5.08. The van der Waals surface area contributed by atoms with E-state index in [1.807, 2.05) is 12.1 Å². The van der Waals surface area contributed by atoms with Crippen LogP contribution in [-0.2, 0) is 25.8 Å². The summed E-state index contributed by atoms with van der Waals surface area (Å²) in [6, 6.07) is 19.5. The number of hydrogen-bond donors (Lipinski definition) is 3. The summed E-state index contributed by atoms with van der Waals surface area (Å²) in [6.07, 6.45) is 3.25. The van der Waals surface area contributed by atoms with Crippen LogP contribution in [0.15, 0.2) is 54.6 Å². The van der Waals surface area contributed by atoms with Crippen LogP contribution in [0, 0.1) is 5.41 Å². The molecule has 0 bridgehead atoms. The lowest BCUT2D eigenvalue weighted by Crippen LogP contribution is -2.23. The van der Waals surface area contributed by atoms with Gasteiger partial charge in [-0.2, -0.15) is 0 Å². The summed E-state index contributed by atoms with van der Waals surface area (Å²) in [5.41, 5.74) is 12.1. The van der Waals surface area contributed by atoms with Gasteiger partial charge in [0.2, 0.25) is 0 Å². The molecule has 4 N–H and O–H groups in total. The Bertz CT molecular complexity index is 943. The average Bonchev–Trinajstić information content (AvgIpc) is 2.65. The van der Waals surface area contributed by atoms with Crippen LogP contribution in [0.2, 0.25) is 0 Å². The molecule has 0 spiro atoms. The van der Waals surface area contributed by atoms with Crippen molar-refractivity contribution in [2.24, 2.45) is 5.73 Å². The summed E-state index contributed by atoms with van der Waals surface area (Å²) >= 11 is 0. The Morgan fingerprint density at radius 2 is 1.60 bits per heavy atom. The molecule has 3 aromatic carbocycles. The molecular weight excluding hydrogens is 306 g/mol. The van der Waals surface area contributed by atoms with Gasteiger partial charge in [-0.15, -0.1) is 0 Å². The Hall–Kier alpha value is -2.65. The quantitative estimate of drug-likeness (QED) is 0.506. The first-order valence-electron chi connectivity index (χ1n) is 8.87. The molecule has 126 valence electrons. The fourth-order valence-corrected chi connectivity index (χ4v) is 3.59. The molecule has 0 radical (unpaired) electrons. The monoisotopic (exact) mass is 329 g/mol. The smallest absolute Gasteiger partial charge is 0.122 e. The van der Waals surface area contributed by atoms with E-state index >= 15 is 0 Å². The first-order chi connectivity index (χ1) is 12.2. The number of rotatable bonds is 4. The highest BCUT2D eigenvalue weighted by Crippen LogP contribution is 2.20. The van der Waals surface area contributed by atoms with Gasteiger partial charge in [0, 0.05) is 12.1 Å².